The average molecular weight is 230 g/mol. The monoisotopic (exact) mass is 230 g/mol. The summed E-state index contributed by atoms with van der Waals surface area (Å²) in [4.78, 5) is 12.2. The first-order chi connectivity index (χ1) is 8.33. The molecule has 3 nitrogen and oxygen atoms in total. The van der Waals surface area contributed by atoms with E-state index in [-0.39, 0.29) is 11.3 Å². The highest BCUT2D eigenvalue weighted by Crippen LogP contribution is 2.46. The Labute approximate surface area is 102 Å². The summed E-state index contributed by atoms with van der Waals surface area (Å²) in [7, 11) is 0. The van der Waals surface area contributed by atoms with Gasteiger partial charge in [-0.2, -0.15) is 0 Å². The van der Waals surface area contributed by atoms with Gasteiger partial charge in [0.05, 0.1) is 5.41 Å². The summed E-state index contributed by atoms with van der Waals surface area (Å²) in [6.45, 7) is 2.70. The fourth-order valence-electron chi connectivity index (χ4n) is 3.30. The second-order valence-electron chi connectivity index (χ2n) is 5.08. The molecule has 0 aromatic heterocycles. The number of benzene rings is 1. The number of carbonyl (C=O) groups is 1. The highest BCUT2D eigenvalue weighted by Gasteiger charge is 2.50. The van der Waals surface area contributed by atoms with E-state index in [1.165, 1.54) is 5.56 Å². The maximum Gasteiger partial charge on any atom is 0.227 e. The van der Waals surface area contributed by atoms with Gasteiger partial charge in [0.25, 0.3) is 0 Å². The van der Waals surface area contributed by atoms with Crippen LogP contribution in [0.15, 0.2) is 30.3 Å². The minimum Gasteiger partial charge on any atom is -0.355 e. The molecule has 2 aliphatic rings. The van der Waals surface area contributed by atoms with E-state index in [4.69, 9.17) is 0 Å². The molecule has 3 heteroatoms. The van der Waals surface area contributed by atoms with E-state index in [0.29, 0.717) is 5.92 Å². The Morgan fingerprint density at radius 3 is 2.53 bits per heavy atom. The van der Waals surface area contributed by atoms with Crippen molar-refractivity contribution < 1.29 is 4.79 Å². The van der Waals surface area contributed by atoms with E-state index in [1.54, 1.807) is 0 Å². The molecule has 3 rings (SSSR count). The number of nitrogens with one attached hydrogen (secondary N) is 2. The molecule has 0 aliphatic carbocycles. The summed E-state index contributed by atoms with van der Waals surface area (Å²) in [5.41, 5.74) is 1.14. The van der Waals surface area contributed by atoms with E-state index in [9.17, 15) is 4.79 Å². The molecule has 0 saturated carbocycles. The number of hydrogen-bond acceptors (Lipinski definition) is 2. The van der Waals surface area contributed by atoms with Crippen LogP contribution < -0.4 is 10.6 Å². The highest BCUT2D eigenvalue weighted by atomic mass is 16.2. The van der Waals surface area contributed by atoms with E-state index in [0.717, 1.165) is 32.5 Å². The molecule has 1 spiro atoms. The Hall–Kier alpha value is -1.35. The third-order valence-electron chi connectivity index (χ3n) is 4.28. The Bertz CT molecular complexity index is 409. The second kappa shape index (κ2) is 4.15. The Balaban J connectivity index is 1.96. The molecule has 17 heavy (non-hydrogen) atoms. The molecule has 1 aromatic rings. The predicted molar refractivity (Wildman–Crippen MR) is 66.7 cm³/mol. The van der Waals surface area contributed by atoms with Crippen LogP contribution in [-0.4, -0.2) is 25.5 Å². The van der Waals surface area contributed by atoms with Crippen LogP contribution in [0.4, 0.5) is 0 Å². The molecule has 2 aliphatic heterocycles. The fraction of sp³-hybridized carbons (Fsp3) is 0.500. The number of carbonyl (C=O) groups excluding carboxylic acids is 1. The molecule has 2 saturated heterocycles. The maximum atomic E-state index is 12.2. The van der Waals surface area contributed by atoms with Crippen LogP contribution in [0.3, 0.4) is 0 Å². The molecule has 90 valence electrons. The largest absolute Gasteiger partial charge is 0.355 e. The Kier molecular flexibility index (Phi) is 2.63. The molecule has 0 radical (unpaired) electrons. The van der Waals surface area contributed by atoms with Crippen LogP contribution in [0.1, 0.15) is 24.3 Å². The molecule has 2 N–H and O–H groups in total. The molecule has 1 aromatic carbocycles. The summed E-state index contributed by atoms with van der Waals surface area (Å²) in [6, 6.07) is 10.5. The molecule has 1 unspecified atom stereocenters. The summed E-state index contributed by atoms with van der Waals surface area (Å²) >= 11 is 0. The SMILES string of the molecule is O=C1NCC(c2ccccc2)C12CCNCC2. The van der Waals surface area contributed by atoms with Crippen molar-refractivity contribution in [3.63, 3.8) is 0 Å². The van der Waals surface area contributed by atoms with Crippen molar-refractivity contribution >= 4 is 5.91 Å². The maximum absolute atomic E-state index is 12.2. The first kappa shape index (κ1) is 10.8. The van der Waals surface area contributed by atoms with Crippen LogP contribution in [0.2, 0.25) is 0 Å². The minimum absolute atomic E-state index is 0.160. The zero-order chi connectivity index (χ0) is 11.7. The van der Waals surface area contributed by atoms with E-state index < -0.39 is 0 Å². The second-order valence-corrected chi connectivity index (χ2v) is 5.08. The summed E-state index contributed by atoms with van der Waals surface area (Å²) in [5, 5.41) is 6.41. The van der Waals surface area contributed by atoms with Gasteiger partial charge in [-0.15, -0.1) is 0 Å². The lowest BCUT2D eigenvalue weighted by molar-refractivity contribution is -0.129. The van der Waals surface area contributed by atoms with Gasteiger partial charge in [-0.3, -0.25) is 4.79 Å². The molecular formula is C14H18N2O. The quantitative estimate of drug-likeness (QED) is 0.763. The number of piperidine rings is 1. The zero-order valence-corrected chi connectivity index (χ0v) is 9.91. The van der Waals surface area contributed by atoms with Gasteiger partial charge >= 0.3 is 0 Å². The van der Waals surface area contributed by atoms with Crippen molar-refractivity contribution in [2.45, 2.75) is 18.8 Å². The Morgan fingerprint density at radius 2 is 1.82 bits per heavy atom. The third kappa shape index (κ3) is 1.65. The van der Waals surface area contributed by atoms with Crippen LogP contribution in [-0.2, 0) is 4.79 Å². The number of amides is 1. The molecular weight excluding hydrogens is 212 g/mol. The zero-order valence-electron chi connectivity index (χ0n) is 9.91. The van der Waals surface area contributed by atoms with Gasteiger partial charge in [0.2, 0.25) is 5.91 Å². The van der Waals surface area contributed by atoms with Gasteiger partial charge in [0, 0.05) is 12.5 Å². The smallest absolute Gasteiger partial charge is 0.227 e. The van der Waals surface area contributed by atoms with E-state index in [1.807, 2.05) is 6.07 Å². The predicted octanol–water partition coefficient (Wildman–Crippen LogP) is 1.27. The first-order valence-electron chi connectivity index (χ1n) is 6.37. The number of rotatable bonds is 1. The van der Waals surface area contributed by atoms with Crippen LogP contribution >= 0.6 is 0 Å². The Morgan fingerprint density at radius 1 is 1.12 bits per heavy atom. The van der Waals surface area contributed by atoms with Crippen LogP contribution in [0.25, 0.3) is 0 Å². The lowest BCUT2D eigenvalue weighted by Gasteiger charge is -2.36. The first-order valence-corrected chi connectivity index (χ1v) is 6.37. The van der Waals surface area contributed by atoms with Gasteiger partial charge in [-0.1, -0.05) is 30.3 Å². The standard InChI is InChI=1S/C14H18N2O/c17-13-14(6-8-15-9-7-14)12(10-16-13)11-4-2-1-3-5-11/h1-5,12,15H,6-10H2,(H,16,17). The van der Waals surface area contributed by atoms with Gasteiger partial charge in [-0.05, 0) is 31.5 Å². The van der Waals surface area contributed by atoms with Crippen molar-refractivity contribution in [1.29, 1.82) is 0 Å². The minimum atomic E-state index is -0.160. The molecule has 0 bridgehead atoms. The third-order valence-corrected chi connectivity index (χ3v) is 4.28. The lowest BCUT2D eigenvalue weighted by atomic mass is 9.68. The lowest BCUT2D eigenvalue weighted by Crippen LogP contribution is -2.44. The topological polar surface area (TPSA) is 41.1 Å². The van der Waals surface area contributed by atoms with Crippen molar-refractivity contribution in [1.82, 2.24) is 10.6 Å². The average Bonchev–Trinajstić information content (AvgIpc) is 2.69. The van der Waals surface area contributed by atoms with Gasteiger partial charge in [-0.25, -0.2) is 0 Å². The normalized spacial score (nSPS) is 27.1. The van der Waals surface area contributed by atoms with Crippen molar-refractivity contribution in [2.24, 2.45) is 5.41 Å². The van der Waals surface area contributed by atoms with Gasteiger partial charge in [0.1, 0.15) is 0 Å². The highest BCUT2D eigenvalue weighted by molar-refractivity contribution is 5.86. The fourth-order valence-corrected chi connectivity index (χ4v) is 3.30. The number of hydrogen-bond donors (Lipinski definition) is 2. The van der Waals surface area contributed by atoms with Gasteiger partial charge in [0.15, 0.2) is 0 Å². The molecule has 1 atom stereocenters. The van der Waals surface area contributed by atoms with Crippen molar-refractivity contribution in [3.05, 3.63) is 35.9 Å². The van der Waals surface area contributed by atoms with Gasteiger partial charge < -0.3 is 10.6 Å². The molecule has 1 amide bonds. The van der Waals surface area contributed by atoms with E-state index >= 15 is 0 Å². The van der Waals surface area contributed by atoms with Crippen molar-refractivity contribution in [2.75, 3.05) is 19.6 Å². The van der Waals surface area contributed by atoms with Crippen molar-refractivity contribution in [3.8, 4) is 0 Å². The van der Waals surface area contributed by atoms with Crippen LogP contribution in [0.5, 0.6) is 0 Å². The van der Waals surface area contributed by atoms with Crippen LogP contribution in [0, 0.1) is 5.41 Å². The summed E-state index contributed by atoms with van der Waals surface area (Å²) in [6.07, 6.45) is 1.91. The van der Waals surface area contributed by atoms with E-state index in [2.05, 4.69) is 34.9 Å². The summed E-state index contributed by atoms with van der Waals surface area (Å²) in [5.74, 6) is 0.603. The summed E-state index contributed by atoms with van der Waals surface area (Å²) < 4.78 is 0. The molecule has 2 heterocycles. The molecule has 2 fully saturated rings.